The van der Waals surface area contributed by atoms with Crippen molar-refractivity contribution >= 4 is 46.4 Å². The van der Waals surface area contributed by atoms with E-state index in [9.17, 15) is 9.59 Å². The van der Waals surface area contributed by atoms with E-state index >= 15 is 0 Å². The standard InChI is InChI=1S/C19H18Cl2N4O2S/c1-10-14(18(22)27)8-17(25(10)6-5-23-11(2)26)16-9-28-19(24-16)13-4-3-12(20)7-15(13)21/h3-4,7-9H,5-6H2,1-2H3,(H2,22,27)(H,23,26). The van der Waals surface area contributed by atoms with E-state index in [1.807, 2.05) is 22.9 Å². The van der Waals surface area contributed by atoms with Crippen molar-refractivity contribution in [1.82, 2.24) is 14.9 Å². The molecule has 1 aromatic carbocycles. The molecule has 3 N–H and O–H groups in total. The summed E-state index contributed by atoms with van der Waals surface area (Å²) in [6.07, 6.45) is 0. The first-order valence-electron chi connectivity index (χ1n) is 8.43. The Kier molecular flexibility index (Phi) is 6.07. The van der Waals surface area contributed by atoms with Gasteiger partial charge >= 0.3 is 0 Å². The number of rotatable bonds is 6. The summed E-state index contributed by atoms with van der Waals surface area (Å²) >= 11 is 13.7. The van der Waals surface area contributed by atoms with Crippen LogP contribution in [0.1, 0.15) is 23.0 Å². The molecule has 0 spiro atoms. The lowest BCUT2D eigenvalue weighted by atomic mass is 10.2. The quantitative estimate of drug-likeness (QED) is 0.608. The molecule has 3 aromatic rings. The molecule has 0 atom stereocenters. The number of carbonyl (C=O) groups excluding carboxylic acids is 2. The monoisotopic (exact) mass is 436 g/mol. The largest absolute Gasteiger partial charge is 0.366 e. The second-order valence-corrected chi connectivity index (χ2v) is 7.89. The van der Waals surface area contributed by atoms with Crippen LogP contribution >= 0.6 is 34.5 Å². The highest BCUT2D eigenvalue weighted by Gasteiger charge is 2.19. The highest BCUT2D eigenvalue weighted by Crippen LogP contribution is 2.35. The Morgan fingerprint density at radius 2 is 2.04 bits per heavy atom. The van der Waals surface area contributed by atoms with Crippen LogP contribution in [0.3, 0.4) is 0 Å². The van der Waals surface area contributed by atoms with Crippen LogP contribution in [-0.4, -0.2) is 27.9 Å². The van der Waals surface area contributed by atoms with Crippen LogP contribution in [0.15, 0.2) is 29.6 Å². The van der Waals surface area contributed by atoms with E-state index in [0.717, 1.165) is 22.0 Å². The molecule has 9 heteroatoms. The molecule has 0 saturated heterocycles. The van der Waals surface area contributed by atoms with Gasteiger partial charge in [-0.2, -0.15) is 0 Å². The van der Waals surface area contributed by atoms with Gasteiger partial charge in [0.1, 0.15) is 5.01 Å². The van der Waals surface area contributed by atoms with Crippen molar-refractivity contribution in [1.29, 1.82) is 0 Å². The van der Waals surface area contributed by atoms with Crippen LogP contribution in [0.2, 0.25) is 10.0 Å². The molecule has 0 bridgehead atoms. The molecule has 0 aliphatic carbocycles. The van der Waals surface area contributed by atoms with Crippen molar-refractivity contribution in [3.05, 3.63) is 50.9 Å². The maximum Gasteiger partial charge on any atom is 0.250 e. The lowest BCUT2D eigenvalue weighted by molar-refractivity contribution is -0.118. The molecule has 0 fully saturated rings. The summed E-state index contributed by atoms with van der Waals surface area (Å²) in [5, 5.41) is 6.47. The van der Waals surface area contributed by atoms with Crippen LogP contribution in [0.5, 0.6) is 0 Å². The Balaban J connectivity index is 2.00. The van der Waals surface area contributed by atoms with Crippen molar-refractivity contribution in [3.63, 3.8) is 0 Å². The lowest BCUT2D eigenvalue weighted by Gasteiger charge is -2.11. The first-order chi connectivity index (χ1) is 13.3. The van der Waals surface area contributed by atoms with Gasteiger partial charge in [0, 0.05) is 41.7 Å². The molecule has 0 radical (unpaired) electrons. The van der Waals surface area contributed by atoms with Crippen molar-refractivity contribution in [2.45, 2.75) is 20.4 Å². The minimum absolute atomic E-state index is 0.116. The van der Waals surface area contributed by atoms with E-state index in [2.05, 4.69) is 10.3 Å². The number of benzene rings is 1. The zero-order chi connectivity index (χ0) is 20.4. The summed E-state index contributed by atoms with van der Waals surface area (Å²) in [6.45, 7) is 4.19. The fourth-order valence-corrected chi connectivity index (χ4v) is 4.32. The molecule has 2 heterocycles. The number of nitrogens with one attached hydrogen (secondary N) is 1. The molecule has 2 aromatic heterocycles. The van der Waals surface area contributed by atoms with Crippen molar-refractivity contribution in [2.24, 2.45) is 5.73 Å². The summed E-state index contributed by atoms with van der Waals surface area (Å²) in [4.78, 5) is 27.7. The second-order valence-electron chi connectivity index (χ2n) is 6.19. The third-order valence-electron chi connectivity index (χ3n) is 4.27. The molecule has 28 heavy (non-hydrogen) atoms. The average molecular weight is 437 g/mol. The second kappa shape index (κ2) is 8.34. The highest BCUT2D eigenvalue weighted by atomic mass is 35.5. The number of hydrogen-bond donors (Lipinski definition) is 2. The van der Waals surface area contributed by atoms with Crippen LogP contribution in [0, 0.1) is 6.92 Å². The molecule has 0 aliphatic heterocycles. The number of carbonyl (C=O) groups is 2. The van der Waals surface area contributed by atoms with E-state index in [1.54, 1.807) is 18.2 Å². The summed E-state index contributed by atoms with van der Waals surface area (Å²) in [5.74, 6) is -0.622. The van der Waals surface area contributed by atoms with Gasteiger partial charge in [0.2, 0.25) is 5.91 Å². The predicted octanol–water partition coefficient (Wildman–Crippen LogP) is 4.13. The predicted molar refractivity (Wildman–Crippen MR) is 113 cm³/mol. The van der Waals surface area contributed by atoms with Gasteiger partial charge in [0.05, 0.1) is 22.0 Å². The smallest absolute Gasteiger partial charge is 0.250 e. The van der Waals surface area contributed by atoms with Crippen LogP contribution < -0.4 is 11.1 Å². The van der Waals surface area contributed by atoms with E-state index in [-0.39, 0.29) is 5.91 Å². The van der Waals surface area contributed by atoms with Gasteiger partial charge in [-0.05, 0) is 31.2 Å². The zero-order valence-corrected chi connectivity index (χ0v) is 17.6. The number of nitrogens with two attached hydrogens (primary N) is 1. The van der Waals surface area contributed by atoms with Gasteiger partial charge in [0.15, 0.2) is 0 Å². The fraction of sp³-hybridized carbons (Fsp3) is 0.211. The maximum atomic E-state index is 11.8. The molecule has 6 nitrogen and oxygen atoms in total. The molecular weight excluding hydrogens is 419 g/mol. The zero-order valence-electron chi connectivity index (χ0n) is 15.3. The minimum Gasteiger partial charge on any atom is -0.366 e. The number of nitrogens with zero attached hydrogens (tertiary/aromatic N) is 2. The topological polar surface area (TPSA) is 90.0 Å². The first kappa shape index (κ1) is 20.4. The number of amides is 2. The third kappa shape index (κ3) is 4.22. The number of thiazole rings is 1. The van der Waals surface area contributed by atoms with E-state index < -0.39 is 5.91 Å². The third-order valence-corrected chi connectivity index (χ3v) is 5.69. The van der Waals surface area contributed by atoms with Crippen molar-refractivity contribution < 1.29 is 9.59 Å². The van der Waals surface area contributed by atoms with Gasteiger partial charge in [0.25, 0.3) is 5.91 Å². The molecule has 0 unspecified atom stereocenters. The minimum atomic E-state index is -0.506. The summed E-state index contributed by atoms with van der Waals surface area (Å²) < 4.78 is 1.93. The Morgan fingerprint density at radius 3 is 2.68 bits per heavy atom. The average Bonchev–Trinajstić information content (AvgIpc) is 3.20. The first-order valence-corrected chi connectivity index (χ1v) is 10.1. The molecular formula is C19H18Cl2N4O2S. The molecule has 0 aliphatic rings. The summed E-state index contributed by atoms with van der Waals surface area (Å²) in [5.41, 5.74) is 8.90. The van der Waals surface area contributed by atoms with E-state index in [0.29, 0.717) is 34.4 Å². The highest BCUT2D eigenvalue weighted by molar-refractivity contribution is 7.13. The number of halogens is 2. The molecule has 0 saturated carbocycles. The van der Waals surface area contributed by atoms with E-state index in [1.165, 1.54) is 18.3 Å². The molecule has 146 valence electrons. The fourth-order valence-electron chi connectivity index (χ4n) is 2.92. The Morgan fingerprint density at radius 1 is 1.29 bits per heavy atom. The number of primary amides is 1. The number of aromatic nitrogens is 2. The van der Waals surface area contributed by atoms with Crippen LogP contribution in [0.4, 0.5) is 0 Å². The summed E-state index contributed by atoms with van der Waals surface area (Å²) in [6, 6.07) is 6.98. The Bertz CT molecular complexity index is 1060. The normalized spacial score (nSPS) is 10.9. The number of hydrogen-bond acceptors (Lipinski definition) is 4. The maximum absolute atomic E-state index is 11.8. The molecule has 2 amide bonds. The summed E-state index contributed by atoms with van der Waals surface area (Å²) in [7, 11) is 0. The van der Waals surface area contributed by atoms with Crippen molar-refractivity contribution in [3.8, 4) is 22.0 Å². The van der Waals surface area contributed by atoms with E-state index in [4.69, 9.17) is 28.9 Å². The Labute approximate surface area is 176 Å². The van der Waals surface area contributed by atoms with Gasteiger partial charge in [-0.3, -0.25) is 9.59 Å². The van der Waals surface area contributed by atoms with Crippen molar-refractivity contribution in [2.75, 3.05) is 6.54 Å². The van der Waals surface area contributed by atoms with Gasteiger partial charge in [-0.1, -0.05) is 23.2 Å². The van der Waals surface area contributed by atoms with Gasteiger partial charge in [-0.15, -0.1) is 11.3 Å². The SMILES string of the molecule is CC(=O)NCCn1c(-c2csc(-c3ccc(Cl)cc3Cl)n2)cc(C(N)=O)c1C. The Hall–Kier alpha value is -2.35. The molecule has 3 rings (SSSR count). The van der Waals surface area contributed by atoms with Crippen LogP contribution in [-0.2, 0) is 11.3 Å². The van der Waals surface area contributed by atoms with Gasteiger partial charge < -0.3 is 15.6 Å². The van der Waals surface area contributed by atoms with Crippen LogP contribution in [0.25, 0.3) is 22.0 Å². The van der Waals surface area contributed by atoms with Gasteiger partial charge in [-0.25, -0.2) is 4.98 Å². The lowest BCUT2D eigenvalue weighted by Crippen LogP contribution is -2.25.